The van der Waals surface area contributed by atoms with Crippen LogP contribution in [0.2, 0.25) is 0 Å². The van der Waals surface area contributed by atoms with Crippen LogP contribution in [0.15, 0.2) is 22.7 Å². The van der Waals surface area contributed by atoms with Crippen molar-refractivity contribution in [2.75, 3.05) is 5.75 Å². The van der Waals surface area contributed by atoms with Crippen molar-refractivity contribution in [3.8, 4) is 0 Å². The first-order valence-corrected chi connectivity index (χ1v) is 9.12. The number of alkyl halides is 3. The highest BCUT2D eigenvalue weighted by Gasteiger charge is 2.36. The molecule has 0 N–H and O–H groups in total. The summed E-state index contributed by atoms with van der Waals surface area (Å²) in [6, 6.07) is 2.60. The van der Waals surface area contributed by atoms with Gasteiger partial charge in [-0.25, -0.2) is 17.2 Å². The SMILES string of the molecule is Fc1cc(Br)cc(F)c1C1=CCCCS1.O=S(=O)([O-])C(F)(F)F. The lowest BCUT2D eigenvalue weighted by atomic mass is 10.1. The van der Waals surface area contributed by atoms with Crippen LogP contribution < -0.4 is 0 Å². The molecule has 1 heterocycles. The van der Waals surface area contributed by atoms with E-state index in [4.69, 9.17) is 13.0 Å². The minimum atomic E-state index is -6.09. The third-order valence-electron chi connectivity index (χ3n) is 2.47. The summed E-state index contributed by atoms with van der Waals surface area (Å²) in [5.74, 6) is -0.0640. The monoisotopic (exact) mass is 439 g/mol. The van der Waals surface area contributed by atoms with E-state index in [2.05, 4.69) is 15.9 Å². The minimum Gasteiger partial charge on any atom is -0.741 e. The zero-order valence-corrected chi connectivity index (χ0v) is 14.4. The molecular weight excluding hydrogens is 431 g/mol. The molecule has 0 amide bonds. The lowest BCUT2D eigenvalue weighted by Crippen LogP contribution is -2.21. The summed E-state index contributed by atoms with van der Waals surface area (Å²) in [5, 5.41) is 0. The molecule has 11 heteroatoms. The van der Waals surface area contributed by atoms with Gasteiger partial charge in [0.25, 0.3) is 0 Å². The molecule has 1 aliphatic heterocycles. The molecule has 3 nitrogen and oxygen atoms in total. The summed E-state index contributed by atoms with van der Waals surface area (Å²) >= 11 is 4.58. The van der Waals surface area contributed by atoms with Gasteiger partial charge in [-0.1, -0.05) is 22.0 Å². The number of rotatable bonds is 1. The van der Waals surface area contributed by atoms with Crippen LogP contribution in [0, 0.1) is 11.6 Å². The maximum Gasteiger partial charge on any atom is 0.485 e. The topological polar surface area (TPSA) is 57.2 Å². The molecule has 1 aliphatic rings. The largest absolute Gasteiger partial charge is 0.741 e. The number of hydrogen-bond acceptors (Lipinski definition) is 4. The van der Waals surface area contributed by atoms with Gasteiger partial charge in [0, 0.05) is 9.38 Å². The highest BCUT2D eigenvalue weighted by Crippen LogP contribution is 2.36. The molecule has 0 saturated heterocycles. The van der Waals surface area contributed by atoms with Crippen molar-refractivity contribution >= 4 is 42.7 Å². The van der Waals surface area contributed by atoms with E-state index in [0.29, 0.717) is 4.47 Å². The fourth-order valence-corrected chi connectivity index (χ4v) is 3.02. The smallest absolute Gasteiger partial charge is 0.485 e. The Kier molecular flexibility index (Phi) is 7.05. The molecule has 0 fully saturated rings. The van der Waals surface area contributed by atoms with Crippen molar-refractivity contribution in [3.63, 3.8) is 0 Å². The average Bonchev–Trinajstić information content (AvgIpc) is 2.37. The zero-order valence-electron chi connectivity index (χ0n) is 11.2. The van der Waals surface area contributed by atoms with Crippen molar-refractivity contribution < 1.29 is 34.9 Å². The lowest BCUT2D eigenvalue weighted by molar-refractivity contribution is -0.0517. The Balaban J connectivity index is 0.000000284. The van der Waals surface area contributed by atoms with Gasteiger partial charge in [-0.05, 0) is 30.7 Å². The lowest BCUT2D eigenvalue weighted by Gasteiger charge is -2.13. The molecule has 0 spiro atoms. The second kappa shape index (κ2) is 7.95. The van der Waals surface area contributed by atoms with Crippen molar-refractivity contribution in [1.29, 1.82) is 0 Å². The van der Waals surface area contributed by atoms with Crippen molar-refractivity contribution in [2.24, 2.45) is 0 Å². The van der Waals surface area contributed by atoms with E-state index in [1.165, 1.54) is 23.9 Å². The number of benzene rings is 1. The molecule has 130 valence electrons. The average molecular weight is 440 g/mol. The van der Waals surface area contributed by atoms with Gasteiger partial charge in [-0.3, -0.25) is 0 Å². The van der Waals surface area contributed by atoms with E-state index >= 15 is 0 Å². The molecule has 23 heavy (non-hydrogen) atoms. The van der Waals surface area contributed by atoms with Crippen LogP contribution in [0.4, 0.5) is 22.0 Å². The number of allylic oxidation sites excluding steroid dienone is 1. The fourth-order valence-electron chi connectivity index (χ4n) is 1.51. The summed E-state index contributed by atoms with van der Waals surface area (Å²) < 4.78 is 86.5. The molecule has 0 unspecified atom stereocenters. The molecule has 0 radical (unpaired) electrons. The van der Waals surface area contributed by atoms with Gasteiger partial charge in [-0.15, -0.1) is 11.8 Å². The van der Waals surface area contributed by atoms with Gasteiger partial charge in [-0.2, -0.15) is 13.2 Å². The molecule has 1 aromatic carbocycles. The molecule has 1 aromatic rings. The summed E-state index contributed by atoms with van der Waals surface area (Å²) in [6.07, 6.45) is 3.88. The Morgan fingerprint density at radius 1 is 1.17 bits per heavy atom. The Hall–Kier alpha value is -0.650. The number of hydrogen-bond donors (Lipinski definition) is 0. The molecule has 0 saturated carbocycles. The highest BCUT2D eigenvalue weighted by molar-refractivity contribution is 9.10. The van der Waals surface area contributed by atoms with Gasteiger partial charge in [0.2, 0.25) is 0 Å². The van der Waals surface area contributed by atoms with Gasteiger partial charge in [0.15, 0.2) is 10.1 Å². The first-order chi connectivity index (χ1) is 10.4. The van der Waals surface area contributed by atoms with Crippen LogP contribution in [0.3, 0.4) is 0 Å². The van der Waals surface area contributed by atoms with Crippen molar-refractivity contribution in [3.05, 3.63) is 39.9 Å². The predicted octanol–water partition coefficient (Wildman–Crippen LogP) is 4.65. The van der Waals surface area contributed by atoms with Crippen LogP contribution in [-0.2, 0) is 10.1 Å². The van der Waals surface area contributed by atoms with Crippen molar-refractivity contribution in [2.45, 2.75) is 18.3 Å². The second-order valence-electron chi connectivity index (χ2n) is 4.20. The van der Waals surface area contributed by atoms with Gasteiger partial charge >= 0.3 is 5.51 Å². The van der Waals surface area contributed by atoms with E-state index in [9.17, 15) is 22.0 Å². The maximum absolute atomic E-state index is 13.6. The molecule has 0 atom stereocenters. The second-order valence-corrected chi connectivity index (χ2v) is 7.63. The maximum atomic E-state index is 13.6. The molecular formula is C12H9BrF5O3S2-. The molecule has 0 bridgehead atoms. The molecule has 0 aliphatic carbocycles. The van der Waals surface area contributed by atoms with Crippen LogP contribution in [-0.4, -0.2) is 24.2 Å². The summed E-state index contributed by atoms with van der Waals surface area (Å²) in [4.78, 5) is 0.726. The van der Waals surface area contributed by atoms with E-state index in [0.717, 1.165) is 23.5 Å². The Labute approximate surface area is 141 Å². The normalized spacial score (nSPS) is 15.5. The summed E-state index contributed by atoms with van der Waals surface area (Å²) in [5.41, 5.74) is -5.53. The summed E-state index contributed by atoms with van der Waals surface area (Å²) in [7, 11) is -6.09. The fraction of sp³-hybridized carbons (Fsp3) is 0.333. The highest BCUT2D eigenvalue weighted by atomic mass is 79.9. The van der Waals surface area contributed by atoms with Gasteiger partial charge < -0.3 is 4.55 Å². The molecule has 2 rings (SSSR count). The first kappa shape index (κ1) is 20.4. The standard InChI is InChI=1S/C11H9BrF2S.CHF3O3S/c12-7-5-8(13)11(9(14)6-7)10-3-1-2-4-15-10;2-1(3,4)8(5,6)7/h3,5-6H,1-2,4H2;(H,5,6,7)/p-1. The minimum absolute atomic E-state index is 0.114. The summed E-state index contributed by atoms with van der Waals surface area (Å²) in [6.45, 7) is 0. The van der Waals surface area contributed by atoms with E-state index < -0.39 is 27.3 Å². The number of thioether (sulfide) groups is 1. The van der Waals surface area contributed by atoms with Gasteiger partial charge in [0.05, 0.1) is 5.56 Å². The zero-order chi connectivity index (χ0) is 17.8. The Morgan fingerprint density at radius 2 is 1.65 bits per heavy atom. The predicted molar refractivity (Wildman–Crippen MR) is 79.5 cm³/mol. The van der Waals surface area contributed by atoms with E-state index in [1.54, 1.807) is 0 Å². The van der Waals surface area contributed by atoms with Gasteiger partial charge in [0.1, 0.15) is 11.6 Å². The Morgan fingerprint density at radius 3 is 2.00 bits per heavy atom. The van der Waals surface area contributed by atoms with Crippen LogP contribution >= 0.6 is 27.7 Å². The quantitative estimate of drug-likeness (QED) is 0.363. The first-order valence-electron chi connectivity index (χ1n) is 5.93. The van der Waals surface area contributed by atoms with E-state index in [1.807, 2.05) is 6.08 Å². The van der Waals surface area contributed by atoms with Crippen LogP contribution in [0.25, 0.3) is 4.91 Å². The van der Waals surface area contributed by atoms with Crippen LogP contribution in [0.1, 0.15) is 18.4 Å². The number of halogens is 6. The third-order valence-corrected chi connectivity index (χ3v) is 4.67. The molecule has 0 aromatic heterocycles. The van der Waals surface area contributed by atoms with E-state index in [-0.39, 0.29) is 5.56 Å². The Bertz CT molecular complexity index is 678. The van der Waals surface area contributed by atoms with Crippen molar-refractivity contribution in [1.82, 2.24) is 0 Å². The van der Waals surface area contributed by atoms with Crippen LogP contribution in [0.5, 0.6) is 0 Å². The third kappa shape index (κ3) is 6.05.